The number of benzene rings is 1. The van der Waals surface area contributed by atoms with Crippen LogP contribution in [0.15, 0.2) is 29.8 Å². The van der Waals surface area contributed by atoms with Gasteiger partial charge in [-0.15, -0.1) is 0 Å². The molecule has 0 aliphatic carbocycles. The predicted octanol–water partition coefficient (Wildman–Crippen LogP) is 4.38. The minimum atomic E-state index is -0.243. The second-order valence-corrected chi connectivity index (χ2v) is 4.13. The number of hydrogen-bond acceptors (Lipinski definition) is 1. The van der Waals surface area contributed by atoms with E-state index >= 15 is 0 Å². The Balaban J connectivity index is 3.14. The average molecular weight is 234 g/mol. The molecule has 0 saturated heterocycles. The van der Waals surface area contributed by atoms with Gasteiger partial charge in [0.15, 0.2) is 0 Å². The second kappa shape index (κ2) is 7.00. The molecule has 17 heavy (non-hydrogen) atoms. The quantitative estimate of drug-likeness (QED) is 0.527. The lowest BCUT2D eigenvalue weighted by molar-refractivity contribution is -0.105. The molecule has 0 unspecified atom stereocenters. The molecule has 92 valence electrons. The van der Waals surface area contributed by atoms with Gasteiger partial charge in [-0.25, -0.2) is 4.39 Å². The number of allylic oxidation sites excluding steroid dienone is 2. The van der Waals surface area contributed by atoms with Gasteiger partial charge in [0, 0.05) is 0 Å². The van der Waals surface area contributed by atoms with E-state index in [1.54, 1.807) is 12.1 Å². The second-order valence-electron chi connectivity index (χ2n) is 4.13. The smallest absolute Gasteiger partial charge is 0.146 e. The number of carbonyl (C=O) groups is 1. The van der Waals surface area contributed by atoms with E-state index in [0.717, 1.165) is 48.7 Å². The van der Waals surface area contributed by atoms with Crippen molar-refractivity contribution < 1.29 is 9.18 Å². The van der Waals surface area contributed by atoms with Gasteiger partial charge in [0.05, 0.1) is 0 Å². The van der Waals surface area contributed by atoms with Crippen LogP contribution in [0, 0.1) is 5.82 Å². The van der Waals surface area contributed by atoms with Gasteiger partial charge < -0.3 is 0 Å². The first kappa shape index (κ1) is 13.6. The number of aldehydes is 1. The van der Waals surface area contributed by atoms with Crippen molar-refractivity contribution in [3.05, 3.63) is 41.2 Å². The SMILES string of the molecule is CCC/C(C=O)=C(\CCC)c1ccc(F)cc1. The van der Waals surface area contributed by atoms with Crippen molar-refractivity contribution in [3.8, 4) is 0 Å². The van der Waals surface area contributed by atoms with Crippen LogP contribution in [0.5, 0.6) is 0 Å². The third kappa shape index (κ3) is 3.81. The van der Waals surface area contributed by atoms with E-state index in [0.29, 0.717) is 0 Å². The maximum atomic E-state index is 12.9. The predicted molar refractivity (Wildman–Crippen MR) is 69.2 cm³/mol. The topological polar surface area (TPSA) is 17.1 Å². The fraction of sp³-hybridized carbons (Fsp3) is 0.400. The van der Waals surface area contributed by atoms with Crippen molar-refractivity contribution >= 4 is 11.9 Å². The molecule has 0 aromatic heterocycles. The highest BCUT2D eigenvalue weighted by Gasteiger charge is 2.08. The molecule has 1 nitrogen and oxygen atoms in total. The Kier molecular flexibility index (Phi) is 5.61. The van der Waals surface area contributed by atoms with E-state index in [2.05, 4.69) is 13.8 Å². The van der Waals surface area contributed by atoms with Crippen molar-refractivity contribution in [3.63, 3.8) is 0 Å². The average Bonchev–Trinajstić information content (AvgIpc) is 2.35. The van der Waals surface area contributed by atoms with E-state index in [4.69, 9.17) is 0 Å². The maximum absolute atomic E-state index is 12.9. The van der Waals surface area contributed by atoms with Gasteiger partial charge in [-0.05, 0) is 41.7 Å². The summed E-state index contributed by atoms with van der Waals surface area (Å²) in [5.74, 6) is -0.243. The summed E-state index contributed by atoms with van der Waals surface area (Å²) in [5, 5.41) is 0. The minimum Gasteiger partial charge on any atom is -0.298 e. The van der Waals surface area contributed by atoms with Crippen LogP contribution in [0.1, 0.15) is 45.1 Å². The molecule has 0 aliphatic heterocycles. The first-order chi connectivity index (χ1) is 8.22. The van der Waals surface area contributed by atoms with Crippen LogP contribution in [-0.2, 0) is 4.79 Å². The third-order valence-electron chi connectivity index (χ3n) is 2.74. The standard InChI is InChI=1S/C15H19FO/c1-3-5-13(11-17)15(6-4-2)12-7-9-14(16)10-8-12/h7-11H,3-6H2,1-2H3/b15-13-. The zero-order valence-corrected chi connectivity index (χ0v) is 10.5. The molecule has 0 radical (unpaired) electrons. The van der Waals surface area contributed by atoms with Gasteiger partial charge in [0.1, 0.15) is 12.1 Å². The summed E-state index contributed by atoms with van der Waals surface area (Å²) in [6, 6.07) is 6.39. The third-order valence-corrected chi connectivity index (χ3v) is 2.74. The number of halogens is 1. The Bertz CT molecular complexity index is 390. The zero-order valence-electron chi connectivity index (χ0n) is 10.5. The van der Waals surface area contributed by atoms with Gasteiger partial charge >= 0.3 is 0 Å². The first-order valence-corrected chi connectivity index (χ1v) is 6.16. The molecule has 0 atom stereocenters. The lowest BCUT2D eigenvalue weighted by atomic mass is 9.94. The molecule has 0 heterocycles. The normalized spacial score (nSPS) is 12.2. The summed E-state index contributed by atoms with van der Waals surface area (Å²) < 4.78 is 12.9. The molecule has 0 aliphatic rings. The van der Waals surface area contributed by atoms with Crippen LogP contribution >= 0.6 is 0 Å². The van der Waals surface area contributed by atoms with Crippen LogP contribution in [0.2, 0.25) is 0 Å². The molecular weight excluding hydrogens is 215 g/mol. The molecule has 0 N–H and O–H groups in total. The first-order valence-electron chi connectivity index (χ1n) is 6.16. The van der Waals surface area contributed by atoms with Gasteiger partial charge in [-0.3, -0.25) is 4.79 Å². The van der Waals surface area contributed by atoms with Crippen molar-refractivity contribution in [2.24, 2.45) is 0 Å². The van der Waals surface area contributed by atoms with E-state index in [1.165, 1.54) is 12.1 Å². The van der Waals surface area contributed by atoms with Crippen LogP contribution in [0.4, 0.5) is 4.39 Å². The molecule has 0 bridgehead atoms. The lowest BCUT2D eigenvalue weighted by Crippen LogP contribution is -1.94. The van der Waals surface area contributed by atoms with Gasteiger partial charge in [0.2, 0.25) is 0 Å². The maximum Gasteiger partial charge on any atom is 0.146 e. The molecule has 0 amide bonds. The van der Waals surface area contributed by atoms with Crippen LogP contribution in [0.3, 0.4) is 0 Å². The highest BCUT2D eigenvalue weighted by atomic mass is 19.1. The van der Waals surface area contributed by atoms with Crippen molar-refractivity contribution in [2.45, 2.75) is 39.5 Å². The highest BCUT2D eigenvalue weighted by Crippen LogP contribution is 2.25. The van der Waals surface area contributed by atoms with Gasteiger partial charge in [-0.2, -0.15) is 0 Å². The summed E-state index contributed by atoms with van der Waals surface area (Å²) in [5.41, 5.74) is 2.87. The summed E-state index contributed by atoms with van der Waals surface area (Å²) in [6.45, 7) is 4.13. The summed E-state index contributed by atoms with van der Waals surface area (Å²) >= 11 is 0. The minimum absolute atomic E-state index is 0.243. The summed E-state index contributed by atoms with van der Waals surface area (Å²) in [4.78, 5) is 11.1. The van der Waals surface area contributed by atoms with Crippen molar-refractivity contribution in [1.29, 1.82) is 0 Å². The largest absolute Gasteiger partial charge is 0.298 e. The number of carbonyl (C=O) groups excluding carboxylic acids is 1. The zero-order chi connectivity index (χ0) is 12.7. The van der Waals surface area contributed by atoms with E-state index in [-0.39, 0.29) is 5.82 Å². The Labute approximate surface area is 102 Å². The Morgan fingerprint density at radius 1 is 1.12 bits per heavy atom. The van der Waals surface area contributed by atoms with Crippen molar-refractivity contribution in [1.82, 2.24) is 0 Å². The Morgan fingerprint density at radius 3 is 2.18 bits per heavy atom. The molecule has 1 rings (SSSR count). The lowest BCUT2D eigenvalue weighted by Gasteiger charge is -2.10. The fourth-order valence-electron chi connectivity index (χ4n) is 1.94. The molecule has 0 fully saturated rings. The van der Waals surface area contributed by atoms with Crippen LogP contribution in [0.25, 0.3) is 5.57 Å². The van der Waals surface area contributed by atoms with E-state index in [1.807, 2.05) is 0 Å². The summed E-state index contributed by atoms with van der Waals surface area (Å²) in [6.07, 6.45) is 4.52. The monoisotopic (exact) mass is 234 g/mol. The molecule has 1 aromatic carbocycles. The van der Waals surface area contributed by atoms with Crippen LogP contribution in [-0.4, -0.2) is 6.29 Å². The van der Waals surface area contributed by atoms with Gasteiger partial charge in [0.25, 0.3) is 0 Å². The molecular formula is C15H19FO. The van der Waals surface area contributed by atoms with E-state index in [9.17, 15) is 9.18 Å². The molecule has 0 spiro atoms. The molecule has 0 saturated carbocycles. The summed E-state index contributed by atoms with van der Waals surface area (Å²) in [7, 11) is 0. The number of hydrogen-bond donors (Lipinski definition) is 0. The number of rotatable bonds is 6. The van der Waals surface area contributed by atoms with E-state index < -0.39 is 0 Å². The molecule has 1 aromatic rings. The van der Waals surface area contributed by atoms with Crippen LogP contribution < -0.4 is 0 Å². The highest BCUT2D eigenvalue weighted by molar-refractivity contribution is 5.88. The van der Waals surface area contributed by atoms with Crippen molar-refractivity contribution in [2.75, 3.05) is 0 Å². The molecule has 2 heteroatoms. The van der Waals surface area contributed by atoms with Gasteiger partial charge in [-0.1, -0.05) is 38.8 Å². The Morgan fingerprint density at radius 2 is 1.71 bits per heavy atom. The fourth-order valence-corrected chi connectivity index (χ4v) is 1.94. The Hall–Kier alpha value is -1.44.